The Kier molecular flexibility index (Phi) is 5.96. The topological polar surface area (TPSA) is 62.8 Å². The smallest absolute Gasteiger partial charge is 0.315 e. The van der Waals surface area contributed by atoms with Crippen molar-refractivity contribution in [3.8, 4) is 11.5 Å². The minimum absolute atomic E-state index is 0.146. The number of rotatable bonds is 7. The van der Waals surface area contributed by atoms with Crippen LogP contribution >= 0.6 is 0 Å². The molecule has 2 amide bonds. The van der Waals surface area contributed by atoms with Crippen LogP contribution in [0.2, 0.25) is 0 Å². The lowest BCUT2D eigenvalue weighted by Gasteiger charge is -2.25. The Morgan fingerprint density at radius 2 is 1.88 bits per heavy atom. The summed E-state index contributed by atoms with van der Waals surface area (Å²) in [6.07, 6.45) is 0.762. The number of ether oxygens (including phenoxy) is 2. The van der Waals surface area contributed by atoms with Crippen LogP contribution in [-0.2, 0) is 13.0 Å². The number of nitrogens with one attached hydrogen (secondary N) is 2. The molecule has 0 fully saturated rings. The Labute approximate surface area is 154 Å². The zero-order chi connectivity index (χ0) is 18.4. The van der Waals surface area contributed by atoms with E-state index in [1.165, 1.54) is 0 Å². The van der Waals surface area contributed by atoms with Crippen LogP contribution in [0.5, 0.6) is 11.5 Å². The molecule has 0 aromatic heterocycles. The molecular formula is C20H25N3O3. The molecule has 0 bridgehead atoms. The number of hydrogen-bond donors (Lipinski definition) is 2. The molecule has 0 radical (unpaired) electrons. The summed E-state index contributed by atoms with van der Waals surface area (Å²) in [6.45, 7) is 1.31. The summed E-state index contributed by atoms with van der Waals surface area (Å²) < 4.78 is 11.0. The molecule has 2 aromatic carbocycles. The van der Waals surface area contributed by atoms with Crippen molar-refractivity contribution < 1.29 is 14.3 Å². The largest absolute Gasteiger partial charge is 0.454 e. The first-order chi connectivity index (χ1) is 12.6. The first kappa shape index (κ1) is 18.1. The van der Waals surface area contributed by atoms with Crippen molar-refractivity contribution in [1.82, 2.24) is 15.5 Å². The lowest BCUT2D eigenvalue weighted by Crippen LogP contribution is -2.45. The van der Waals surface area contributed by atoms with Crippen LogP contribution in [0, 0.1) is 0 Å². The lowest BCUT2D eigenvalue weighted by atomic mass is 10.0. The average molecular weight is 355 g/mol. The fourth-order valence-electron chi connectivity index (χ4n) is 2.89. The summed E-state index contributed by atoms with van der Waals surface area (Å²) in [5, 5.41) is 5.84. The van der Waals surface area contributed by atoms with Gasteiger partial charge in [-0.1, -0.05) is 42.5 Å². The minimum atomic E-state index is -0.168. The van der Waals surface area contributed by atoms with Crippen molar-refractivity contribution in [2.45, 2.75) is 19.0 Å². The number of hydrogen-bond acceptors (Lipinski definition) is 4. The van der Waals surface area contributed by atoms with E-state index < -0.39 is 0 Å². The Morgan fingerprint density at radius 1 is 1.08 bits per heavy atom. The van der Waals surface area contributed by atoms with Crippen molar-refractivity contribution in [3.63, 3.8) is 0 Å². The van der Waals surface area contributed by atoms with E-state index in [9.17, 15) is 4.79 Å². The van der Waals surface area contributed by atoms with Crippen molar-refractivity contribution in [2.24, 2.45) is 0 Å². The fraction of sp³-hybridized carbons (Fsp3) is 0.350. The number of carbonyl (C=O) groups excluding carboxylic acids is 1. The zero-order valence-electron chi connectivity index (χ0n) is 15.2. The summed E-state index contributed by atoms with van der Waals surface area (Å²) in [7, 11) is 4.02. The Hall–Kier alpha value is -2.73. The van der Waals surface area contributed by atoms with Gasteiger partial charge in [0.15, 0.2) is 11.5 Å². The van der Waals surface area contributed by atoms with Crippen LogP contribution in [0.15, 0.2) is 48.5 Å². The van der Waals surface area contributed by atoms with Gasteiger partial charge in [0, 0.05) is 19.1 Å². The molecule has 1 atom stereocenters. The molecule has 0 saturated heterocycles. The number of urea groups is 1. The minimum Gasteiger partial charge on any atom is -0.454 e. The van der Waals surface area contributed by atoms with Gasteiger partial charge in [0.2, 0.25) is 6.79 Å². The number of amides is 2. The maximum atomic E-state index is 12.1. The highest BCUT2D eigenvalue weighted by atomic mass is 16.7. The lowest BCUT2D eigenvalue weighted by molar-refractivity contribution is 0.172. The predicted molar refractivity (Wildman–Crippen MR) is 100 cm³/mol. The first-order valence-electron chi connectivity index (χ1n) is 8.73. The number of nitrogens with zero attached hydrogens (tertiary/aromatic N) is 1. The SMILES string of the molecule is CN(C)C(CNC(=O)NCc1ccccc1)Cc1cccc2c1OCO2. The second-order valence-electron chi connectivity index (χ2n) is 6.52. The number of para-hydroxylation sites is 1. The molecular weight excluding hydrogens is 330 g/mol. The fourth-order valence-corrected chi connectivity index (χ4v) is 2.89. The molecule has 138 valence electrons. The molecule has 26 heavy (non-hydrogen) atoms. The van der Waals surface area contributed by atoms with E-state index in [4.69, 9.17) is 9.47 Å². The second kappa shape index (κ2) is 8.58. The van der Waals surface area contributed by atoms with Gasteiger partial charge in [0.1, 0.15) is 0 Å². The molecule has 6 heteroatoms. The number of likely N-dealkylation sites (N-methyl/N-ethyl adjacent to an activating group) is 1. The van der Waals surface area contributed by atoms with Gasteiger partial charge in [-0.25, -0.2) is 4.79 Å². The highest BCUT2D eigenvalue weighted by molar-refractivity contribution is 5.73. The van der Waals surface area contributed by atoms with Crippen molar-refractivity contribution >= 4 is 6.03 Å². The maximum Gasteiger partial charge on any atom is 0.315 e. The van der Waals surface area contributed by atoms with Crippen molar-refractivity contribution in [2.75, 3.05) is 27.4 Å². The van der Waals surface area contributed by atoms with Gasteiger partial charge in [0.05, 0.1) is 0 Å². The summed E-state index contributed by atoms with van der Waals surface area (Å²) in [5.41, 5.74) is 2.16. The van der Waals surface area contributed by atoms with Crippen LogP contribution in [0.3, 0.4) is 0 Å². The second-order valence-corrected chi connectivity index (χ2v) is 6.52. The highest BCUT2D eigenvalue weighted by Gasteiger charge is 2.21. The number of fused-ring (bicyclic) bond motifs is 1. The molecule has 0 spiro atoms. The van der Waals surface area contributed by atoms with Crippen LogP contribution < -0.4 is 20.1 Å². The molecule has 0 saturated carbocycles. The van der Waals surface area contributed by atoms with Gasteiger partial charge >= 0.3 is 6.03 Å². The van der Waals surface area contributed by atoms with Crippen LogP contribution in [0.25, 0.3) is 0 Å². The quantitative estimate of drug-likeness (QED) is 0.801. The third-order valence-corrected chi connectivity index (χ3v) is 4.46. The van der Waals surface area contributed by atoms with E-state index in [0.717, 1.165) is 29.0 Å². The van der Waals surface area contributed by atoms with E-state index >= 15 is 0 Å². The number of carbonyl (C=O) groups is 1. The van der Waals surface area contributed by atoms with Gasteiger partial charge in [-0.15, -0.1) is 0 Å². The number of benzene rings is 2. The van der Waals surface area contributed by atoms with Gasteiger partial charge in [-0.2, -0.15) is 0 Å². The van der Waals surface area contributed by atoms with Crippen molar-refractivity contribution in [3.05, 3.63) is 59.7 Å². The van der Waals surface area contributed by atoms with E-state index in [2.05, 4.69) is 15.5 Å². The standard InChI is InChI=1S/C20H25N3O3/c1-23(2)17(11-16-9-6-10-18-19(16)26-14-25-18)13-22-20(24)21-12-15-7-4-3-5-8-15/h3-10,17H,11-14H2,1-2H3,(H2,21,22,24). The predicted octanol–water partition coefficient (Wildman–Crippen LogP) is 2.39. The Morgan fingerprint density at radius 3 is 2.65 bits per heavy atom. The molecule has 3 rings (SSSR count). The zero-order valence-corrected chi connectivity index (χ0v) is 15.2. The summed E-state index contributed by atoms with van der Waals surface area (Å²) in [4.78, 5) is 14.2. The van der Waals surface area contributed by atoms with Gasteiger partial charge in [-0.3, -0.25) is 0 Å². The van der Waals surface area contributed by atoms with Gasteiger partial charge in [-0.05, 0) is 37.7 Å². The molecule has 2 N–H and O–H groups in total. The van der Waals surface area contributed by atoms with Crippen LogP contribution in [-0.4, -0.2) is 44.4 Å². The van der Waals surface area contributed by atoms with E-state index in [-0.39, 0.29) is 18.9 Å². The normalized spacial score (nSPS) is 13.5. The molecule has 1 aliphatic heterocycles. The van der Waals surface area contributed by atoms with Gasteiger partial charge in [0.25, 0.3) is 0 Å². The van der Waals surface area contributed by atoms with E-state index in [1.807, 2.05) is 62.6 Å². The summed E-state index contributed by atoms with van der Waals surface area (Å²) in [6, 6.07) is 15.7. The first-order valence-corrected chi connectivity index (χ1v) is 8.73. The van der Waals surface area contributed by atoms with Crippen LogP contribution in [0.4, 0.5) is 4.79 Å². The molecule has 2 aromatic rings. The van der Waals surface area contributed by atoms with Gasteiger partial charge < -0.3 is 25.0 Å². The van der Waals surface area contributed by atoms with Crippen molar-refractivity contribution in [1.29, 1.82) is 0 Å². The summed E-state index contributed by atoms with van der Waals surface area (Å²) in [5.74, 6) is 1.60. The Bertz CT molecular complexity index is 734. The molecule has 1 heterocycles. The third-order valence-electron chi connectivity index (χ3n) is 4.46. The van der Waals surface area contributed by atoms with E-state index in [1.54, 1.807) is 0 Å². The summed E-state index contributed by atoms with van der Waals surface area (Å²) >= 11 is 0. The molecule has 6 nitrogen and oxygen atoms in total. The molecule has 0 aliphatic carbocycles. The highest BCUT2D eigenvalue weighted by Crippen LogP contribution is 2.36. The molecule has 1 aliphatic rings. The molecule has 1 unspecified atom stereocenters. The van der Waals surface area contributed by atoms with E-state index in [0.29, 0.717) is 13.1 Å². The van der Waals surface area contributed by atoms with Crippen LogP contribution in [0.1, 0.15) is 11.1 Å². The maximum absolute atomic E-state index is 12.1. The third kappa shape index (κ3) is 4.67. The average Bonchev–Trinajstić information content (AvgIpc) is 3.13. The monoisotopic (exact) mass is 355 g/mol. The Balaban J connectivity index is 1.52.